The van der Waals surface area contributed by atoms with E-state index in [0.717, 1.165) is 0 Å². The second-order valence-electron chi connectivity index (χ2n) is 1.51. The van der Waals surface area contributed by atoms with Crippen molar-refractivity contribution in [2.24, 2.45) is 0 Å². The minimum atomic E-state index is -5.94. The van der Waals surface area contributed by atoms with Crippen molar-refractivity contribution in [2.75, 3.05) is 0 Å². The molecule has 20 nitrogen and oxygen atoms in total. The van der Waals surface area contributed by atoms with Gasteiger partial charge in [0.25, 0.3) is 0 Å². The van der Waals surface area contributed by atoms with Crippen LogP contribution < -0.4 is 372 Å². The maximum absolute atomic E-state index is 8.62. The summed E-state index contributed by atoms with van der Waals surface area (Å²) in [5, 5.41) is 0. The molecule has 0 unspecified atom stereocenters. The van der Waals surface area contributed by atoms with Crippen LogP contribution in [0.15, 0.2) is 0 Å². The molecule has 0 saturated carbocycles. The van der Waals surface area contributed by atoms with Gasteiger partial charge in [0.15, 0.2) is 0 Å². The Morgan fingerprint density at radius 3 is 0.212 bits per heavy atom. The first-order chi connectivity index (χ1) is 8.00. The molecule has 0 aliphatic carbocycles. The minimum absolute atomic E-state index is 0. The van der Waals surface area contributed by atoms with Gasteiger partial charge in [-0.25, -0.2) is 0 Å². The molecule has 33 heteroatoms. The Balaban J connectivity index is -0.00000000610. The van der Waals surface area contributed by atoms with Gasteiger partial charge in [0.1, 0.15) is 80.4 Å². The first-order valence-corrected chi connectivity index (χ1v) is 16.6. The minimum Gasteiger partial charge on any atom is -2.00 e. The quantitative estimate of drug-likeness (QED) is 0.161. The predicted molar refractivity (Wildman–Crippen MR) is 2.75 cm³/mol. The summed E-state index contributed by atoms with van der Waals surface area (Å²) in [6, 6.07) is 0. The zero-order valence-electron chi connectivity index (χ0n) is 18.0. The molecular weight excluding hydrogens is 1200 g/mol. The van der Waals surface area contributed by atoms with E-state index in [4.69, 9.17) is 55.0 Å². The molecule has 0 saturated heterocycles. The zero-order valence-corrected chi connectivity index (χ0v) is 45.2. The summed E-state index contributed by atoms with van der Waals surface area (Å²) in [5.41, 5.74) is 0. The van der Waals surface area contributed by atoms with E-state index < -0.39 is 80.4 Å². The molecule has 0 bridgehead atoms. The smallest absolute Gasteiger partial charge is 2.00 e. The SMILES string of the molecule is [Na+].[Na+].[Na+].[Na+].[Na+].[Na+].[Na+].[Na+].[O-2].[O-2].[O-2].[O-2].[O-][I+3]([O-])([O-])[O-].[O-][I+3]([O-])([O-])[O-].[O-][I+3]([O-])([O-])[O-].[O-][I+3]([O-])([O-])[O-].[Os+4]. The van der Waals surface area contributed by atoms with Crippen LogP contribution in [0.1, 0.15) is 0 Å². The van der Waals surface area contributed by atoms with Crippen LogP contribution in [0, 0.1) is 0 Å². The Kier molecular flexibility index (Phi) is 209. The van der Waals surface area contributed by atoms with Gasteiger partial charge >= 0.3 is 256 Å². The standard InChI is InChI=1S/4IO4.8Na.4O.Os/c4*2-1(3,4)5;;;;;;;;;;;;;/q4*-1;8*+1;4*-2;+4. The van der Waals surface area contributed by atoms with Crippen LogP contribution in [0.4, 0.5) is 0 Å². The summed E-state index contributed by atoms with van der Waals surface area (Å²) < 4.78 is 138. The molecule has 164 valence electrons. The maximum atomic E-state index is 8.62. The van der Waals surface area contributed by atoms with E-state index in [9.17, 15) is 0 Å². The van der Waals surface area contributed by atoms with E-state index in [1.54, 1.807) is 0 Å². The molecule has 0 aliphatic heterocycles. The molecule has 0 fully saturated rings. The summed E-state index contributed by atoms with van der Waals surface area (Å²) >= 11 is -23.8. The van der Waals surface area contributed by atoms with E-state index >= 15 is 0 Å². The van der Waals surface area contributed by atoms with Gasteiger partial charge in [0.2, 0.25) is 0 Å². The third-order valence-corrected chi connectivity index (χ3v) is 0. The van der Waals surface area contributed by atoms with Crippen LogP contribution in [0.5, 0.6) is 0 Å². The summed E-state index contributed by atoms with van der Waals surface area (Å²) in [4.78, 5) is 0. The van der Waals surface area contributed by atoms with Crippen LogP contribution in [0.2, 0.25) is 0 Å². The van der Waals surface area contributed by atoms with E-state index in [0.29, 0.717) is 0 Å². The Bertz CT molecular complexity index is 158. The fraction of sp³-hybridized carbons (Fsp3) is 0. The molecule has 0 aromatic rings. The van der Waals surface area contributed by atoms with Gasteiger partial charge in [-0.3, -0.25) is 55.0 Å². The van der Waals surface area contributed by atoms with Gasteiger partial charge in [-0.2, -0.15) is 0 Å². The van der Waals surface area contributed by atoms with Crippen LogP contribution in [-0.2, 0) is 41.7 Å². The second kappa shape index (κ2) is 61.7. The molecule has 0 amide bonds. The predicted octanol–water partition coefficient (Wildman–Crippen LogP) is -55.5. The van der Waals surface area contributed by atoms with Crippen LogP contribution in [-0.4, -0.2) is 0 Å². The van der Waals surface area contributed by atoms with Gasteiger partial charge in [-0.15, -0.1) is 0 Å². The first-order valence-electron chi connectivity index (χ1n) is 2.47. The maximum Gasteiger partial charge on any atom is 4.00 e. The molecule has 33 heavy (non-hydrogen) atoms. The van der Waals surface area contributed by atoms with Crippen molar-refractivity contribution in [3.8, 4) is 0 Å². The topological polar surface area (TPSA) is 483 Å². The third-order valence-electron chi connectivity index (χ3n) is 0. The van der Waals surface area contributed by atoms with E-state index in [2.05, 4.69) is 0 Å². The third kappa shape index (κ3) is 614. The van der Waals surface area contributed by atoms with Crippen molar-refractivity contribution in [3.05, 3.63) is 0 Å². The molecule has 0 aliphatic rings. The summed E-state index contributed by atoms with van der Waals surface area (Å²) in [6.45, 7) is 0. The van der Waals surface area contributed by atoms with Crippen molar-refractivity contribution in [1.29, 1.82) is 0 Å². The van der Waals surface area contributed by atoms with Crippen LogP contribution in [0.3, 0.4) is 0 Å². The fourth-order valence-corrected chi connectivity index (χ4v) is 0. The second-order valence-corrected chi connectivity index (χ2v) is 10.1. The fourth-order valence-electron chi connectivity index (χ4n) is 0. The monoisotopic (exact) mass is 1200 g/mol. The van der Waals surface area contributed by atoms with E-state index in [-0.39, 0.29) is 278 Å². The molecule has 0 heterocycles. The number of rotatable bonds is 0. The molecule has 0 radical (unpaired) electrons. The molecular formula is I4Na8O20Os. The van der Waals surface area contributed by atoms with Crippen molar-refractivity contribution in [3.63, 3.8) is 0 Å². The number of hydrogen-bond acceptors (Lipinski definition) is 16. The summed E-state index contributed by atoms with van der Waals surface area (Å²) in [5.74, 6) is 0. The van der Waals surface area contributed by atoms with E-state index in [1.165, 1.54) is 0 Å². The molecule has 0 aromatic heterocycles. The first kappa shape index (κ1) is 112. The Morgan fingerprint density at radius 2 is 0.212 bits per heavy atom. The van der Waals surface area contributed by atoms with Gasteiger partial charge in [0, 0.05) is 0 Å². The number of hydrogen-bond donors (Lipinski definition) is 0. The average molecular weight is 1200 g/mol. The van der Waals surface area contributed by atoms with Gasteiger partial charge in [0.05, 0.1) is 0 Å². The molecule has 0 spiro atoms. The normalized spacial score (nSPS) is 7.27. The largest absolute Gasteiger partial charge is 4.00 e. The van der Waals surface area contributed by atoms with Crippen molar-refractivity contribution >= 4 is 0 Å². The Labute approximate surface area is 402 Å². The van der Waals surface area contributed by atoms with E-state index in [1.807, 2.05) is 0 Å². The van der Waals surface area contributed by atoms with Gasteiger partial charge in [-0.05, 0) is 0 Å². The van der Waals surface area contributed by atoms with Crippen molar-refractivity contribution in [2.45, 2.75) is 0 Å². The van der Waals surface area contributed by atoms with Gasteiger partial charge in [-0.1, -0.05) is 0 Å². The summed E-state index contributed by atoms with van der Waals surface area (Å²) in [6.07, 6.45) is 0. The molecule has 0 aromatic carbocycles. The molecule has 0 atom stereocenters. The Hall–Kier alpha value is 10.8. The van der Waals surface area contributed by atoms with Crippen LogP contribution in [0.25, 0.3) is 0 Å². The zero-order chi connectivity index (χ0) is 18.0. The van der Waals surface area contributed by atoms with Crippen molar-refractivity contribution < 1.29 is 414 Å². The average Bonchev–Trinajstić information content (AvgIpc) is 1.62. The van der Waals surface area contributed by atoms with Crippen molar-refractivity contribution in [1.82, 2.24) is 0 Å². The van der Waals surface area contributed by atoms with Gasteiger partial charge < -0.3 is 21.9 Å². The Morgan fingerprint density at radius 1 is 0.212 bits per heavy atom. The number of halogens is 4. The molecule has 0 N–H and O–H groups in total. The van der Waals surface area contributed by atoms with Crippen LogP contribution >= 0.6 is 0 Å². The molecule has 0 rings (SSSR count). The summed E-state index contributed by atoms with van der Waals surface area (Å²) in [7, 11) is 0.